The third-order valence-electron chi connectivity index (χ3n) is 5.91. The Labute approximate surface area is 210 Å². The Morgan fingerprint density at radius 2 is 1.83 bits per heavy atom. The molecule has 0 fully saturated rings. The molecule has 2 aromatic heterocycles. The molecule has 1 aliphatic rings. The molecule has 0 aliphatic heterocycles. The lowest BCUT2D eigenvalue weighted by Crippen LogP contribution is -2.23. The number of hydrogen-bond acceptors (Lipinski definition) is 7. The van der Waals surface area contributed by atoms with Gasteiger partial charge in [-0.05, 0) is 55.5 Å². The molecule has 1 N–H and O–H groups in total. The fraction of sp³-hybridized carbons (Fsp3) is 0.231. The van der Waals surface area contributed by atoms with Crippen LogP contribution >= 0.6 is 23.1 Å². The van der Waals surface area contributed by atoms with Crippen LogP contribution in [-0.2, 0) is 22.4 Å². The highest BCUT2D eigenvalue weighted by Crippen LogP contribution is 2.35. The zero-order valence-corrected chi connectivity index (χ0v) is 20.7. The SMILES string of the molecule is COC(=O)c1ccccc1NC(=O)CSc1nc2sc3c(c2c(=O)n1-c1ccccc1)CCCC3. The van der Waals surface area contributed by atoms with Crippen molar-refractivity contribution in [1.82, 2.24) is 9.55 Å². The topological polar surface area (TPSA) is 90.3 Å². The maximum Gasteiger partial charge on any atom is 0.339 e. The summed E-state index contributed by atoms with van der Waals surface area (Å²) < 4.78 is 6.40. The van der Waals surface area contributed by atoms with Crippen molar-refractivity contribution in [1.29, 1.82) is 0 Å². The van der Waals surface area contributed by atoms with Crippen molar-refractivity contribution in [2.75, 3.05) is 18.2 Å². The number of carbonyl (C=O) groups is 2. The van der Waals surface area contributed by atoms with Crippen LogP contribution < -0.4 is 10.9 Å². The lowest BCUT2D eigenvalue weighted by molar-refractivity contribution is -0.113. The summed E-state index contributed by atoms with van der Waals surface area (Å²) in [7, 11) is 1.30. The Bertz CT molecular complexity index is 1480. The minimum Gasteiger partial charge on any atom is -0.465 e. The highest BCUT2D eigenvalue weighted by Gasteiger charge is 2.23. The average Bonchev–Trinajstić information content (AvgIpc) is 3.26. The second-order valence-corrected chi connectivity index (χ2v) is 10.2. The number of rotatable bonds is 6. The fourth-order valence-corrected chi connectivity index (χ4v) is 6.40. The number of anilines is 1. The largest absolute Gasteiger partial charge is 0.465 e. The summed E-state index contributed by atoms with van der Waals surface area (Å²) in [6.07, 6.45) is 4.08. The normalized spacial score (nSPS) is 12.8. The number of fused-ring (bicyclic) bond motifs is 3. The highest BCUT2D eigenvalue weighted by molar-refractivity contribution is 7.99. The molecule has 0 saturated carbocycles. The van der Waals surface area contributed by atoms with E-state index in [-0.39, 0.29) is 22.8 Å². The fourth-order valence-electron chi connectivity index (χ4n) is 4.28. The van der Waals surface area contributed by atoms with Gasteiger partial charge in [0.2, 0.25) is 5.91 Å². The number of thioether (sulfide) groups is 1. The van der Waals surface area contributed by atoms with E-state index in [1.54, 1.807) is 40.2 Å². The van der Waals surface area contributed by atoms with E-state index >= 15 is 0 Å². The van der Waals surface area contributed by atoms with Crippen LogP contribution in [0.2, 0.25) is 0 Å². The maximum atomic E-state index is 13.7. The van der Waals surface area contributed by atoms with Gasteiger partial charge in [-0.3, -0.25) is 14.2 Å². The zero-order valence-electron chi connectivity index (χ0n) is 19.1. The molecule has 5 rings (SSSR count). The van der Waals surface area contributed by atoms with Gasteiger partial charge in [-0.2, -0.15) is 0 Å². The molecular formula is C26H23N3O4S2. The van der Waals surface area contributed by atoms with Crippen molar-refractivity contribution in [2.45, 2.75) is 30.8 Å². The molecule has 178 valence electrons. The second kappa shape index (κ2) is 10.1. The molecular weight excluding hydrogens is 482 g/mol. The number of aryl methyl sites for hydroxylation is 2. The summed E-state index contributed by atoms with van der Waals surface area (Å²) in [5.74, 6) is -0.822. The first-order valence-corrected chi connectivity index (χ1v) is 13.1. The molecule has 0 atom stereocenters. The lowest BCUT2D eigenvalue weighted by atomic mass is 9.97. The number of hydrogen-bond donors (Lipinski definition) is 1. The Balaban J connectivity index is 1.48. The van der Waals surface area contributed by atoms with E-state index < -0.39 is 5.97 Å². The number of carbonyl (C=O) groups excluding carboxylic acids is 2. The van der Waals surface area contributed by atoms with Gasteiger partial charge < -0.3 is 10.1 Å². The first-order valence-electron chi connectivity index (χ1n) is 11.3. The van der Waals surface area contributed by atoms with Gasteiger partial charge in [0.1, 0.15) is 4.83 Å². The number of ether oxygens (including phenoxy) is 1. The van der Waals surface area contributed by atoms with Gasteiger partial charge in [0.25, 0.3) is 5.56 Å². The molecule has 0 radical (unpaired) electrons. The highest BCUT2D eigenvalue weighted by atomic mass is 32.2. The van der Waals surface area contributed by atoms with Gasteiger partial charge in [0.15, 0.2) is 5.16 Å². The van der Waals surface area contributed by atoms with E-state index in [2.05, 4.69) is 5.32 Å². The average molecular weight is 506 g/mol. The van der Waals surface area contributed by atoms with Gasteiger partial charge in [0, 0.05) is 4.88 Å². The summed E-state index contributed by atoms with van der Waals surface area (Å²) in [5, 5.41) is 3.94. The van der Waals surface area contributed by atoms with Gasteiger partial charge in [-0.1, -0.05) is 42.1 Å². The zero-order chi connectivity index (χ0) is 24.4. The van der Waals surface area contributed by atoms with E-state index in [0.29, 0.717) is 21.9 Å². The molecule has 35 heavy (non-hydrogen) atoms. The van der Waals surface area contributed by atoms with Crippen molar-refractivity contribution in [3.05, 3.63) is 81.0 Å². The Morgan fingerprint density at radius 1 is 1.09 bits per heavy atom. The molecule has 1 amide bonds. The van der Waals surface area contributed by atoms with E-state index in [0.717, 1.165) is 36.1 Å². The monoisotopic (exact) mass is 505 g/mol. The van der Waals surface area contributed by atoms with Crippen molar-refractivity contribution < 1.29 is 14.3 Å². The van der Waals surface area contributed by atoms with Crippen LogP contribution in [0.1, 0.15) is 33.6 Å². The third-order valence-corrected chi connectivity index (χ3v) is 8.04. The molecule has 9 heteroatoms. The number of benzene rings is 2. The third kappa shape index (κ3) is 4.61. The summed E-state index contributed by atoms with van der Waals surface area (Å²) in [4.78, 5) is 45.4. The van der Waals surface area contributed by atoms with E-state index in [1.165, 1.54) is 23.7 Å². The molecule has 7 nitrogen and oxygen atoms in total. The van der Waals surface area contributed by atoms with Gasteiger partial charge in [0.05, 0.1) is 35.2 Å². The van der Waals surface area contributed by atoms with Crippen molar-refractivity contribution in [3.8, 4) is 5.69 Å². The Hall–Kier alpha value is -3.43. The Morgan fingerprint density at radius 3 is 2.63 bits per heavy atom. The molecule has 1 aliphatic carbocycles. The first kappa shape index (κ1) is 23.3. The maximum absolute atomic E-state index is 13.7. The second-order valence-electron chi connectivity index (χ2n) is 8.14. The van der Waals surface area contributed by atoms with Crippen LogP contribution in [0.15, 0.2) is 64.5 Å². The molecule has 0 spiro atoms. The number of para-hydroxylation sites is 2. The predicted octanol–water partition coefficient (Wildman–Crippen LogP) is 4.84. The van der Waals surface area contributed by atoms with Crippen LogP contribution in [-0.4, -0.2) is 34.3 Å². The number of methoxy groups -OCH3 is 1. The number of thiophene rings is 1. The number of esters is 1. The molecule has 4 aromatic rings. The van der Waals surface area contributed by atoms with Crippen molar-refractivity contribution in [2.24, 2.45) is 0 Å². The van der Waals surface area contributed by atoms with Crippen LogP contribution in [0.5, 0.6) is 0 Å². The van der Waals surface area contributed by atoms with Crippen LogP contribution in [0.3, 0.4) is 0 Å². The Kier molecular flexibility index (Phi) is 6.70. The quantitative estimate of drug-likeness (QED) is 0.229. The number of nitrogens with zero attached hydrogens (tertiary/aromatic N) is 2. The number of amides is 1. The first-order chi connectivity index (χ1) is 17.1. The van der Waals surface area contributed by atoms with Gasteiger partial charge >= 0.3 is 5.97 Å². The molecule has 0 saturated heterocycles. The minimum atomic E-state index is -0.528. The standard InChI is InChI=1S/C26H23N3O4S2/c1-33-25(32)17-11-5-7-13-19(17)27-21(30)15-34-26-28-23-22(18-12-6-8-14-20(18)35-23)24(31)29(26)16-9-3-2-4-10-16/h2-5,7,9-11,13H,6,8,12,14-15H2,1H3,(H,27,30). The number of aromatic nitrogens is 2. The summed E-state index contributed by atoms with van der Waals surface area (Å²) in [6, 6.07) is 16.1. The smallest absolute Gasteiger partial charge is 0.339 e. The number of nitrogens with one attached hydrogen (secondary N) is 1. The minimum absolute atomic E-state index is 0.0192. The van der Waals surface area contributed by atoms with Crippen molar-refractivity contribution >= 4 is 50.9 Å². The molecule has 0 unspecified atom stereocenters. The van der Waals surface area contributed by atoms with E-state index in [9.17, 15) is 14.4 Å². The molecule has 2 aromatic carbocycles. The van der Waals surface area contributed by atoms with Crippen LogP contribution in [0.25, 0.3) is 15.9 Å². The van der Waals surface area contributed by atoms with E-state index in [4.69, 9.17) is 9.72 Å². The van der Waals surface area contributed by atoms with E-state index in [1.807, 2.05) is 30.3 Å². The lowest BCUT2D eigenvalue weighted by Gasteiger charge is -2.14. The van der Waals surface area contributed by atoms with Gasteiger partial charge in [-0.25, -0.2) is 9.78 Å². The van der Waals surface area contributed by atoms with Crippen LogP contribution in [0, 0.1) is 0 Å². The van der Waals surface area contributed by atoms with Crippen molar-refractivity contribution in [3.63, 3.8) is 0 Å². The van der Waals surface area contributed by atoms with Crippen LogP contribution in [0.4, 0.5) is 5.69 Å². The summed E-state index contributed by atoms with van der Waals surface area (Å²) in [5.41, 5.74) is 2.39. The molecule has 2 heterocycles. The van der Waals surface area contributed by atoms with Gasteiger partial charge in [-0.15, -0.1) is 11.3 Å². The molecule has 0 bridgehead atoms. The summed E-state index contributed by atoms with van der Waals surface area (Å²) >= 11 is 2.78. The summed E-state index contributed by atoms with van der Waals surface area (Å²) in [6.45, 7) is 0. The predicted molar refractivity (Wildman–Crippen MR) is 139 cm³/mol.